The molecule has 0 fully saturated rings. The lowest BCUT2D eigenvalue weighted by molar-refractivity contribution is -0.384. The molecule has 0 spiro atoms. The third-order valence-corrected chi connectivity index (χ3v) is 4.10. The Hall–Kier alpha value is -2.32. The van der Waals surface area contributed by atoms with E-state index in [4.69, 9.17) is 12.2 Å². The van der Waals surface area contributed by atoms with Gasteiger partial charge in [-0.25, -0.2) is 0 Å². The minimum Gasteiger partial charge on any atom is -0.327 e. The summed E-state index contributed by atoms with van der Waals surface area (Å²) in [6.45, 7) is 3.64. The molecular weight excluding hydrogens is 322 g/mol. The third kappa shape index (κ3) is 3.66. The first-order valence-corrected chi connectivity index (χ1v) is 7.58. The number of nitro benzene ring substituents is 1. The van der Waals surface area contributed by atoms with Crippen LogP contribution in [0.3, 0.4) is 0 Å². The fourth-order valence-corrected chi connectivity index (χ4v) is 2.60. The van der Waals surface area contributed by atoms with Crippen LogP contribution in [-0.2, 0) is 0 Å². The van der Waals surface area contributed by atoms with Crippen LogP contribution in [0.15, 0.2) is 29.6 Å². The molecule has 0 aliphatic carbocycles. The molecule has 0 radical (unpaired) electrons. The minimum atomic E-state index is -0.488. The number of nitrogens with one attached hydrogen (secondary N) is 2. The van der Waals surface area contributed by atoms with E-state index in [1.54, 1.807) is 30.5 Å². The number of rotatable bonds is 3. The van der Waals surface area contributed by atoms with E-state index in [1.165, 1.54) is 17.4 Å². The highest BCUT2D eigenvalue weighted by Gasteiger charge is 2.17. The Bertz CT molecular complexity index is 742. The van der Waals surface area contributed by atoms with Gasteiger partial charge in [0.25, 0.3) is 11.6 Å². The number of hydrogen-bond donors (Lipinski definition) is 2. The summed E-state index contributed by atoms with van der Waals surface area (Å²) in [5, 5.41) is 18.1. The number of nitrogens with zero attached hydrogens (tertiary/aromatic N) is 1. The van der Waals surface area contributed by atoms with E-state index in [0.717, 1.165) is 11.1 Å². The molecule has 0 saturated carbocycles. The van der Waals surface area contributed by atoms with E-state index >= 15 is 0 Å². The van der Waals surface area contributed by atoms with E-state index in [-0.39, 0.29) is 22.4 Å². The van der Waals surface area contributed by atoms with Crippen LogP contribution in [0.25, 0.3) is 0 Å². The quantitative estimate of drug-likeness (QED) is 0.510. The van der Waals surface area contributed by atoms with Gasteiger partial charge in [-0.2, -0.15) is 0 Å². The molecule has 1 amide bonds. The smallest absolute Gasteiger partial charge is 0.293 e. The van der Waals surface area contributed by atoms with Crippen LogP contribution in [0.4, 0.5) is 11.4 Å². The van der Waals surface area contributed by atoms with Crippen LogP contribution in [0.2, 0.25) is 0 Å². The van der Waals surface area contributed by atoms with Gasteiger partial charge in [0.1, 0.15) is 5.69 Å². The SMILES string of the molecule is Cc1cc(NC(=S)NC(=O)c2cccs2)c([N+](=O)[O-])cc1C. The summed E-state index contributed by atoms with van der Waals surface area (Å²) in [5.74, 6) is -0.348. The summed E-state index contributed by atoms with van der Waals surface area (Å²) < 4.78 is 0. The van der Waals surface area contributed by atoms with Crippen LogP contribution < -0.4 is 10.6 Å². The first-order chi connectivity index (χ1) is 10.4. The van der Waals surface area contributed by atoms with Gasteiger partial charge in [0, 0.05) is 6.07 Å². The first-order valence-electron chi connectivity index (χ1n) is 6.30. The lowest BCUT2D eigenvalue weighted by Crippen LogP contribution is -2.33. The van der Waals surface area contributed by atoms with Gasteiger partial charge in [0.05, 0.1) is 9.80 Å². The molecule has 2 aromatic rings. The monoisotopic (exact) mass is 335 g/mol. The van der Waals surface area contributed by atoms with Crippen LogP contribution in [-0.4, -0.2) is 15.9 Å². The highest BCUT2D eigenvalue weighted by atomic mass is 32.1. The molecule has 0 saturated heterocycles. The fraction of sp³-hybridized carbons (Fsp3) is 0.143. The zero-order valence-electron chi connectivity index (χ0n) is 11.9. The minimum absolute atomic E-state index is 0.0183. The van der Waals surface area contributed by atoms with Crippen LogP contribution in [0.1, 0.15) is 20.8 Å². The Balaban J connectivity index is 2.16. The Labute approximate surface area is 136 Å². The van der Waals surface area contributed by atoms with Gasteiger partial charge in [-0.1, -0.05) is 6.07 Å². The number of carbonyl (C=O) groups is 1. The van der Waals surface area contributed by atoms with Gasteiger partial charge >= 0.3 is 0 Å². The van der Waals surface area contributed by atoms with Gasteiger partial charge in [-0.3, -0.25) is 20.2 Å². The summed E-state index contributed by atoms with van der Waals surface area (Å²) in [5.41, 5.74) is 1.87. The molecule has 22 heavy (non-hydrogen) atoms. The predicted octanol–water partition coefficient (Wildman–Crippen LogP) is 3.40. The number of carbonyl (C=O) groups excluding carboxylic acids is 1. The largest absolute Gasteiger partial charge is 0.327 e. The summed E-state index contributed by atoms with van der Waals surface area (Å²) in [6.07, 6.45) is 0. The van der Waals surface area contributed by atoms with Crippen molar-refractivity contribution >= 4 is 45.9 Å². The summed E-state index contributed by atoms with van der Waals surface area (Å²) in [6, 6.07) is 6.53. The molecule has 0 bridgehead atoms. The summed E-state index contributed by atoms with van der Waals surface area (Å²) >= 11 is 6.33. The van der Waals surface area contributed by atoms with E-state index in [9.17, 15) is 14.9 Å². The second-order valence-corrected chi connectivity index (χ2v) is 5.95. The van der Waals surface area contributed by atoms with Crippen LogP contribution in [0.5, 0.6) is 0 Å². The molecule has 8 heteroatoms. The summed E-state index contributed by atoms with van der Waals surface area (Å²) in [4.78, 5) is 23.0. The molecule has 0 aliphatic heterocycles. The Kier molecular flexibility index (Phi) is 4.84. The Morgan fingerprint density at radius 3 is 2.59 bits per heavy atom. The van der Waals surface area contributed by atoms with Gasteiger partial charge in [-0.05, 0) is 54.7 Å². The average Bonchev–Trinajstić information content (AvgIpc) is 2.96. The zero-order valence-corrected chi connectivity index (χ0v) is 13.5. The maximum absolute atomic E-state index is 11.9. The number of amides is 1. The van der Waals surface area contributed by atoms with Crippen molar-refractivity contribution in [3.63, 3.8) is 0 Å². The normalized spacial score (nSPS) is 10.1. The standard InChI is InChI=1S/C14H13N3O3S2/c1-8-6-10(11(17(19)20)7-9(8)2)15-14(21)16-13(18)12-4-3-5-22-12/h3-7H,1-2H3,(H2,15,16,18,21). The predicted molar refractivity (Wildman–Crippen MR) is 90.6 cm³/mol. The van der Waals surface area contributed by atoms with Crippen LogP contribution >= 0.6 is 23.6 Å². The molecule has 6 nitrogen and oxygen atoms in total. The Morgan fingerprint density at radius 2 is 2.00 bits per heavy atom. The number of benzene rings is 1. The molecule has 0 unspecified atom stereocenters. The molecule has 1 heterocycles. The average molecular weight is 335 g/mol. The van der Waals surface area contributed by atoms with E-state index in [0.29, 0.717) is 4.88 Å². The van der Waals surface area contributed by atoms with Gasteiger partial charge in [0.2, 0.25) is 0 Å². The van der Waals surface area contributed by atoms with Crippen molar-refractivity contribution < 1.29 is 9.72 Å². The van der Waals surface area contributed by atoms with Crippen molar-refractivity contribution in [2.45, 2.75) is 13.8 Å². The number of hydrogen-bond acceptors (Lipinski definition) is 5. The second kappa shape index (κ2) is 6.63. The van der Waals surface area contributed by atoms with Gasteiger partial charge < -0.3 is 5.32 Å². The first kappa shape index (κ1) is 16.1. The van der Waals surface area contributed by atoms with Gasteiger partial charge in [0.15, 0.2) is 5.11 Å². The molecular formula is C14H13N3O3S2. The van der Waals surface area contributed by atoms with Crippen LogP contribution in [0, 0.1) is 24.0 Å². The van der Waals surface area contributed by atoms with Crippen molar-refractivity contribution in [1.29, 1.82) is 0 Å². The van der Waals surface area contributed by atoms with Crippen molar-refractivity contribution in [3.05, 3.63) is 55.8 Å². The van der Waals surface area contributed by atoms with E-state index in [1.807, 2.05) is 6.92 Å². The molecule has 2 N–H and O–H groups in total. The van der Waals surface area contributed by atoms with Gasteiger partial charge in [-0.15, -0.1) is 11.3 Å². The molecule has 114 valence electrons. The number of nitro groups is 1. The second-order valence-electron chi connectivity index (χ2n) is 4.60. The Morgan fingerprint density at radius 1 is 1.32 bits per heavy atom. The van der Waals surface area contributed by atoms with Crippen molar-refractivity contribution in [1.82, 2.24) is 5.32 Å². The molecule has 1 aromatic carbocycles. The maximum atomic E-state index is 11.9. The topological polar surface area (TPSA) is 84.3 Å². The number of thiophene rings is 1. The highest BCUT2D eigenvalue weighted by molar-refractivity contribution is 7.80. The number of thiocarbonyl (C=S) groups is 1. The molecule has 1 aromatic heterocycles. The van der Waals surface area contributed by atoms with Crippen molar-refractivity contribution in [3.8, 4) is 0 Å². The molecule has 2 rings (SSSR count). The highest BCUT2D eigenvalue weighted by Crippen LogP contribution is 2.27. The number of aryl methyl sites for hydroxylation is 2. The summed E-state index contributed by atoms with van der Waals surface area (Å²) in [7, 11) is 0. The molecule has 0 aliphatic rings. The lowest BCUT2D eigenvalue weighted by atomic mass is 10.1. The van der Waals surface area contributed by atoms with E-state index < -0.39 is 4.92 Å². The van der Waals surface area contributed by atoms with Crippen molar-refractivity contribution in [2.75, 3.05) is 5.32 Å². The number of anilines is 1. The lowest BCUT2D eigenvalue weighted by Gasteiger charge is -2.11. The maximum Gasteiger partial charge on any atom is 0.293 e. The third-order valence-electron chi connectivity index (χ3n) is 3.03. The fourth-order valence-electron chi connectivity index (χ4n) is 1.78. The molecule has 0 atom stereocenters. The zero-order chi connectivity index (χ0) is 16.3. The van der Waals surface area contributed by atoms with Crippen molar-refractivity contribution in [2.24, 2.45) is 0 Å². The van der Waals surface area contributed by atoms with E-state index in [2.05, 4.69) is 10.6 Å².